The summed E-state index contributed by atoms with van der Waals surface area (Å²) >= 11 is 0. The molecule has 1 aromatic carbocycles. The fraction of sp³-hybridized carbons (Fsp3) is 0.533. The van der Waals surface area contributed by atoms with Crippen LogP contribution in [0.25, 0.3) is 0 Å². The van der Waals surface area contributed by atoms with Gasteiger partial charge in [0.1, 0.15) is 0 Å². The number of alkyl halides is 2. The Morgan fingerprint density at radius 1 is 1.17 bits per heavy atom. The topological polar surface area (TPSA) is 66.5 Å². The fourth-order valence-electron chi connectivity index (χ4n) is 2.72. The van der Waals surface area contributed by atoms with Crippen molar-refractivity contribution >= 4 is 15.7 Å². The number of nitrogens with zero attached hydrogens (tertiary/aromatic N) is 1. The second-order valence-corrected chi connectivity index (χ2v) is 7.72. The van der Waals surface area contributed by atoms with Crippen molar-refractivity contribution in [3.63, 3.8) is 0 Å². The van der Waals surface area contributed by atoms with Gasteiger partial charge < -0.3 is 0 Å². The van der Waals surface area contributed by atoms with E-state index in [2.05, 4.69) is 5.43 Å². The van der Waals surface area contributed by atoms with E-state index in [-0.39, 0.29) is 23.6 Å². The third kappa shape index (κ3) is 3.87. The van der Waals surface area contributed by atoms with Gasteiger partial charge in [0, 0.05) is 17.6 Å². The van der Waals surface area contributed by atoms with E-state index in [0.717, 1.165) is 31.4 Å². The van der Waals surface area contributed by atoms with Gasteiger partial charge >= 0.3 is 5.76 Å². The minimum absolute atomic E-state index is 0.209. The molecular weight excluding hydrogens is 326 g/mol. The molecule has 8 heteroatoms. The Labute approximate surface area is 134 Å². The number of halogens is 2. The van der Waals surface area contributed by atoms with Crippen LogP contribution in [0, 0.1) is 0 Å². The number of hydrazine groups is 1. The second-order valence-electron chi connectivity index (χ2n) is 5.81. The summed E-state index contributed by atoms with van der Waals surface area (Å²) in [5.74, 6) is -3.86. The van der Waals surface area contributed by atoms with Crippen molar-refractivity contribution in [1.82, 2.24) is 10.4 Å². The maximum Gasteiger partial charge on any atom is 0.341 e. The summed E-state index contributed by atoms with van der Waals surface area (Å²) < 4.78 is 47.7. The molecule has 1 saturated heterocycles. The van der Waals surface area contributed by atoms with Crippen LogP contribution in [0.15, 0.2) is 29.2 Å². The molecule has 1 amide bonds. The summed E-state index contributed by atoms with van der Waals surface area (Å²) in [7, 11) is -4.64. The number of hydrogen-bond acceptors (Lipinski definition) is 4. The van der Waals surface area contributed by atoms with Crippen LogP contribution in [0.1, 0.15) is 43.5 Å². The Morgan fingerprint density at radius 2 is 1.70 bits per heavy atom. The molecule has 0 saturated carbocycles. The summed E-state index contributed by atoms with van der Waals surface area (Å²) in [5.41, 5.74) is 3.04. The molecule has 5 nitrogen and oxygen atoms in total. The molecule has 128 valence electrons. The molecule has 0 aromatic heterocycles. The first-order valence-electron chi connectivity index (χ1n) is 7.45. The summed E-state index contributed by atoms with van der Waals surface area (Å²) in [6, 6.07) is 4.95. The van der Waals surface area contributed by atoms with Gasteiger partial charge in [-0.15, -0.1) is 0 Å². The number of nitrogens with one attached hydrogen (secondary N) is 1. The number of sulfone groups is 1. The number of rotatable bonds is 4. The van der Waals surface area contributed by atoms with Gasteiger partial charge in [0.05, 0.1) is 4.90 Å². The Kier molecular flexibility index (Phi) is 5.36. The number of carbonyl (C=O) groups is 1. The van der Waals surface area contributed by atoms with Gasteiger partial charge in [-0.1, -0.05) is 6.42 Å². The average molecular weight is 346 g/mol. The van der Waals surface area contributed by atoms with Gasteiger partial charge in [-0.05, 0) is 51.0 Å². The smallest absolute Gasteiger partial charge is 0.284 e. The second kappa shape index (κ2) is 6.92. The first kappa shape index (κ1) is 17.8. The molecular formula is C15H20F2N2O3S. The normalized spacial score (nSPS) is 23.0. The van der Waals surface area contributed by atoms with Gasteiger partial charge in [-0.3, -0.25) is 10.2 Å². The molecule has 1 fully saturated rings. The standard InChI is InChI=1S/C15H20F2N2O3S/c1-10-4-3-5-11(2)19(10)18-14(20)12-6-8-13(9-7-12)23(21,22)15(16)17/h6-11,15H,3-5H2,1-2H3,(H,18,20). The predicted octanol–water partition coefficient (Wildman–Crippen LogP) is 2.59. The maximum atomic E-state index is 12.5. The zero-order valence-corrected chi connectivity index (χ0v) is 13.8. The molecule has 23 heavy (non-hydrogen) atoms. The lowest BCUT2D eigenvalue weighted by Gasteiger charge is -2.38. The first-order valence-corrected chi connectivity index (χ1v) is 8.99. The summed E-state index contributed by atoms with van der Waals surface area (Å²) in [6.07, 6.45) is 3.07. The summed E-state index contributed by atoms with van der Waals surface area (Å²) in [4.78, 5) is 11.8. The quantitative estimate of drug-likeness (QED) is 0.910. The van der Waals surface area contributed by atoms with E-state index >= 15 is 0 Å². The van der Waals surface area contributed by atoms with Crippen LogP contribution in [0.2, 0.25) is 0 Å². The van der Waals surface area contributed by atoms with Gasteiger partial charge in [-0.2, -0.15) is 8.78 Å². The van der Waals surface area contributed by atoms with Crippen LogP contribution in [-0.2, 0) is 9.84 Å². The molecule has 1 aromatic rings. The first-order chi connectivity index (χ1) is 10.7. The lowest BCUT2D eigenvalue weighted by Crippen LogP contribution is -2.54. The van der Waals surface area contributed by atoms with Crippen LogP contribution in [0.5, 0.6) is 0 Å². The van der Waals surface area contributed by atoms with Crippen molar-refractivity contribution in [2.75, 3.05) is 0 Å². The van der Waals surface area contributed by atoms with Crippen LogP contribution in [-0.4, -0.2) is 37.2 Å². The van der Waals surface area contributed by atoms with E-state index in [0.29, 0.717) is 0 Å². The molecule has 1 N–H and O–H groups in total. The molecule has 0 radical (unpaired) electrons. The molecule has 2 rings (SSSR count). The Hall–Kier alpha value is -1.54. The van der Waals surface area contributed by atoms with Crippen LogP contribution in [0.4, 0.5) is 8.78 Å². The molecule has 0 bridgehead atoms. The number of benzene rings is 1. The van der Waals surface area contributed by atoms with E-state index in [4.69, 9.17) is 0 Å². The highest BCUT2D eigenvalue weighted by molar-refractivity contribution is 7.91. The number of carbonyl (C=O) groups excluding carboxylic acids is 1. The van der Waals surface area contributed by atoms with Crippen LogP contribution in [0.3, 0.4) is 0 Å². The van der Waals surface area contributed by atoms with Crippen molar-refractivity contribution in [3.8, 4) is 0 Å². The Bertz CT molecular complexity index is 652. The predicted molar refractivity (Wildman–Crippen MR) is 81.7 cm³/mol. The Balaban J connectivity index is 2.12. The zero-order chi connectivity index (χ0) is 17.2. The number of hydrogen-bond donors (Lipinski definition) is 1. The number of amides is 1. The third-order valence-electron chi connectivity index (χ3n) is 4.10. The van der Waals surface area contributed by atoms with E-state index in [1.54, 1.807) is 0 Å². The fourth-order valence-corrected chi connectivity index (χ4v) is 3.44. The van der Waals surface area contributed by atoms with E-state index in [9.17, 15) is 22.0 Å². The van der Waals surface area contributed by atoms with E-state index < -0.39 is 20.5 Å². The zero-order valence-electron chi connectivity index (χ0n) is 13.0. The lowest BCUT2D eigenvalue weighted by atomic mass is 10.00. The highest BCUT2D eigenvalue weighted by Gasteiger charge is 2.28. The highest BCUT2D eigenvalue weighted by Crippen LogP contribution is 2.21. The molecule has 0 aliphatic carbocycles. The van der Waals surface area contributed by atoms with Gasteiger partial charge in [0.25, 0.3) is 5.91 Å². The minimum atomic E-state index is -4.64. The molecule has 1 aliphatic heterocycles. The highest BCUT2D eigenvalue weighted by atomic mass is 32.2. The SMILES string of the molecule is CC1CCCC(C)N1NC(=O)c1ccc(S(=O)(=O)C(F)F)cc1. The van der Waals surface area contributed by atoms with Crippen molar-refractivity contribution in [1.29, 1.82) is 0 Å². The van der Waals surface area contributed by atoms with E-state index in [1.165, 1.54) is 12.1 Å². The third-order valence-corrected chi connectivity index (χ3v) is 5.50. The van der Waals surface area contributed by atoms with Gasteiger partial charge in [-0.25, -0.2) is 13.4 Å². The minimum Gasteiger partial charge on any atom is -0.284 e. The molecule has 2 unspecified atom stereocenters. The van der Waals surface area contributed by atoms with Crippen molar-refractivity contribution in [3.05, 3.63) is 29.8 Å². The van der Waals surface area contributed by atoms with Crippen molar-refractivity contribution in [2.24, 2.45) is 0 Å². The molecule has 2 atom stereocenters. The Morgan fingerprint density at radius 3 is 2.17 bits per heavy atom. The van der Waals surface area contributed by atoms with E-state index in [1.807, 2.05) is 18.9 Å². The van der Waals surface area contributed by atoms with Gasteiger partial charge in [0.15, 0.2) is 0 Å². The molecule has 1 heterocycles. The van der Waals surface area contributed by atoms with Crippen molar-refractivity contribution < 1.29 is 22.0 Å². The lowest BCUT2D eigenvalue weighted by molar-refractivity contribution is 0.0369. The average Bonchev–Trinajstić information content (AvgIpc) is 2.51. The monoisotopic (exact) mass is 346 g/mol. The van der Waals surface area contributed by atoms with Crippen LogP contribution >= 0.6 is 0 Å². The number of piperidine rings is 1. The summed E-state index contributed by atoms with van der Waals surface area (Å²) in [5, 5.41) is 1.88. The largest absolute Gasteiger partial charge is 0.341 e. The summed E-state index contributed by atoms with van der Waals surface area (Å²) in [6.45, 7) is 4.04. The maximum absolute atomic E-state index is 12.5. The molecule has 1 aliphatic rings. The van der Waals surface area contributed by atoms with Gasteiger partial charge in [0.2, 0.25) is 9.84 Å². The molecule has 0 spiro atoms. The van der Waals surface area contributed by atoms with Crippen LogP contribution < -0.4 is 5.43 Å². The van der Waals surface area contributed by atoms with Crippen molar-refractivity contribution in [2.45, 2.75) is 55.8 Å².